The van der Waals surface area contributed by atoms with Gasteiger partial charge in [0, 0.05) is 19.3 Å². The van der Waals surface area contributed by atoms with Gasteiger partial charge in [0.2, 0.25) is 0 Å². The number of hydrogen-bond donors (Lipinski definition) is 0. The van der Waals surface area contributed by atoms with E-state index in [9.17, 15) is 14.4 Å². The van der Waals surface area contributed by atoms with Crippen LogP contribution in [-0.2, 0) is 28.6 Å². The van der Waals surface area contributed by atoms with Gasteiger partial charge in [-0.15, -0.1) is 0 Å². The summed E-state index contributed by atoms with van der Waals surface area (Å²) in [5.41, 5.74) is 0. The molecule has 79 heavy (non-hydrogen) atoms. The molecule has 0 N–H and O–H groups in total. The second-order valence-electron chi connectivity index (χ2n) is 23.1. The zero-order valence-electron chi connectivity index (χ0n) is 52.6. The molecule has 0 aliphatic rings. The molecule has 0 aliphatic heterocycles. The molecule has 1 unspecified atom stereocenters. The van der Waals surface area contributed by atoms with E-state index >= 15 is 0 Å². The van der Waals surface area contributed by atoms with Gasteiger partial charge in [0.15, 0.2) is 6.10 Å². The van der Waals surface area contributed by atoms with Gasteiger partial charge in [0.05, 0.1) is 0 Å². The third kappa shape index (κ3) is 65.5. The monoisotopic (exact) mass is 1100 g/mol. The minimum Gasteiger partial charge on any atom is -0.462 e. The summed E-state index contributed by atoms with van der Waals surface area (Å²) in [5.74, 6) is -0.871. The van der Waals surface area contributed by atoms with Crippen molar-refractivity contribution in [3.8, 4) is 0 Å². The van der Waals surface area contributed by atoms with E-state index in [0.29, 0.717) is 19.3 Å². The van der Waals surface area contributed by atoms with Crippen LogP contribution in [0.15, 0.2) is 72.9 Å². The number of carbonyl (C=O) groups is 3. The summed E-state index contributed by atoms with van der Waals surface area (Å²) in [7, 11) is 0. The SMILES string of the molecule is CC/C=C\C/C=C\C/C=C\C/C=C\CCCCCCCCCCCCCCC(=O)OCC(COC(=O)CCCCCCC/C=C\C/C=C\CCCCCC)OC(=O)CCCCCCCCCCCCCCCCCCCCCC. The van der Waals surface area contributed by atoms with Crippen LogP contribution in [0.4, 0.5) is 0 Å². The third-order valence-corrected chi connectivity index (χ3v) is 15.2. The van der Waals surface area contributed by atoms with E-state index in [4.69, 9.17) is 14.2 Å². The van der Waals surface area contributed by atoms with Crippen LogP contribution >= 0.6 is 0 Å². The van der Waals surface area contributed by atoms with Crippen LogP contribution in [0.25, 0.3) is 0 Å². The molecule has 1 atom stereocenters. The summed E-state index contributed by atoms with van der Waals surface area (Å²) >= 11 is 0. The molecule has 0 aromatic carbocycles. The Hall–Kier alpha value is -3.15. The van der Waals surface area contributed by atoms with Crippen molar-refractivity contribution < 1.29 is 28.6 Å². The van der Waals surface area contributed by atoms with Crippen LogP contribution in [0.5, 0.6) is 0 Å². The first kappa shape index (κ1) is 75.8. The minimum atomic E-state index is -0.782. The van der Waals surface area contributed by atoms with Gasteiger partial charge in [-0.05, 0) is 89.9 Å². The first-order valence-electron chi connectivity index (χ1n) is 34.4. The van der Waals surface area contributed by atoms with Crippen LogP contribution in [0, 0.1) is 0 Å². The topological polar surface area (TPSA) is 78.9 Å². The van der Waals surface area contributed by atoms with Crippen molar-refractivity contribution in [3.63, 3.8) is 0 Å². The van der Waals surface area contributed by atoms with Gasteiger partial charge in [0.25, 0.3) is 0 Å². The molecule has 0 bridgehead atoms. The van der Waals surface area contributed by atoms with E-state index in [2.05, 4.69) is 93.7 Å². The van der Waals surface area contributed by atoms with Crippen molar-refractivity contribution >= 4 is 17.9 Å². The van der Waals surface area contributed by atoms with Crippen molar-refractivity contribution in [2.75, 3.05) is 13.2 Å². The van der Waals surface area contributed by atoms with Crippen LogP contribution in [0.2, 0.25) is 0 Å². The highest BCUT2D eigenvalue weighted by Gasteiger charge is 2.19. The highest BCUT2D eigenvalue weighted by atomic mass is 16.6. The second kappa shape index (κ2) is 67.4. The standard InChI is InChI=1S/C73H130O6/c1-4-7-10-13-16-19-22-25-28-31-33-35-36-37-38-39-41-42-45-48-51-54-57-60-63-66-72(75)78-69-70(68-77-71(74)65-62-59-56-53-50-47-44-30-27-24-21-18-15-12-9-6-3)79-73(76)67-64-61-58-55-52-49-46-43-40-34-32-29-26-23-20-17-14-11-8-5-2/h7,10,16,19,21,24-25,28,30,33,35,44,70H,4-6,8-9,11-15,17-18,20,22-23,26-27,29,31-32,34,36-43,45-69H2,1-3H3/b10-7-,19-16-,24-21-,28-25-,35-33-,44-30-. The predicted molar refractivity (Wildman–Crippen MR) is 344 cm³/mol. The number of hydrogen-bond acceptors (Lipinski definition) is 6. The molecule has 0 aliphatic carbocycles. The summed E-state index contributed by atoms with van der Waals surface area (Å²) < 4.78 is 17.0. The van der Waals surface area contributed by atoms with Gasteiger partial charge >= 0.3 is 17.9 Å². The number of unbranched alkanes of at least 4 members (excludes halogenated alkanes) is 40. The number of ether oxygens (including phenoxy) is 3. The first-order valence-corrected chi connectivity index (χ1v) is 34.4. The predicted octanol–water partition coefficient (Wildman–Crippen LogP) is 23.7. The molecule has 0 saturated carbocycles. The number of carbonyl (C=O) groups excluding carboxylic acids is 3. The van der Waals surface area contributed by atoms with Crippen molar-refractivity contribution in [2.45, 2.75) is 361 Å². The Morgan fingerprint density at radius 2 is 0.494 bits per heavy atom. The van der Waals surface area contributed by atoms with Gasteiger partial charge in [-0.2, -0.15) is 0 Å². The van der Waals surface area contributed by atoms with Crippen LogP contribution < -0.4 is 0 Å². The molecule has 6 nitrogen and oxygen atoms in total. The van der Waals surface area contributed by atoms with Crippen LogP contribution in [0.3, 0.4) is 0 Å². The first-order chi connectivity index (χ1) is 39.0. The molecule has 0 aromatic rings. The largest absolute Gasteiger partial charge is 0.462 e. The van der Waals surface area contributed by atoms with Crippen LogP contribution in [0.1, 0.15) is 355 Å². The molecule has 0 radical (unpaired) electrons. The molecular weight excluding hydrogens is 973 g/mol. The summed E-state index contributed by atoms with van der Waals surface area (Å²) in [5, 5.41) is 0. The molecule has 458 valence electrons. The van der Waals surface area contributed by atoms with Gasteiger partial charge in [-0.3, -0.25) is 14.4 Å². The minimum absolute atomic E-state index is 0.0772. The lowest BCUT2D eigenvalue weighted by molar-refractivity contribution is -0.167. The summed E-state index contributed by atoms with van der Waals surface area (Å²) in [6, 6.07) is 0. The molecule has 0 aromatic heterocycles. The molecule has 0 heterocycles. The van der Waals surface area contributed by atoms with E-state index in [1.165, 1.54) is 212 Å². The number of rotatable bonds is 63. The number of esters is 3. The Morgan fingerprint density at radius 3 is 0.785 bits per heavy atom. The molecule has 0 rings (SSSR count). The maximum Gasteiger partial charge on any atom is 0.306 e. The summed E-state index contributed by atoms with van der Waals surface area (Å²) in [4.78, 5) is 38.4. The fourth-order valence-corrected chi connectivity index (χ4v) is 10.1. The quantitative estimate of drug-likeness (QED) is 0.0261. The van der Waals surface area contributed by atoms with Gasteiger partial charge < -0.3 is 14.2 Å². The average molecular weight is 1100 g/mol. The Kier molecular flexibility index (Phi) is 64.7. The summed E-state index contributed by atoms with van der Waals surface area (Å²) in [6.45, 7) is 6.56. The lowest BCUT2D eigenvalue weighted by atomic mass is 10.0. The Morgan fingerprint density at radius 1 is 0.266 bits per heavy atom. The van der Waals surface area contributed by atoms with Crippen LogP contribution in [-0.4, -0.2) is 37.2 Å². The molecular formula is C73H130O6. The van der Waals surface area contributed by atoms with E-state index in [-0.39, 0.29) is 31.1 Å². The third-order valence-electron chi connectivity index (χ3n) is 15.2. The maximum atomic E-state index is 13.0. The molecule has 0 amide bonds. The van der Waals surface area contributed by atoms with Gasteiger partial charge in [-0.1, -0.05) is 318 Å². The van der Waals surface area contributed by atoms with Crippen molar-refractivity contribution in [2.24, 2.45) is 0 Å². The highest BCUT2D eigenvalue weighted by molar-refractivity contribution is 5.71. The lowest BCUT2D eigenvalue weighted by Gasteiger charge is -2.18. The molecule has 0 saturated heterocycles. The van der Waals surface area contributed by atoms with E-state index in [1.807, 2.05) is 0 Å². The number of allylic oxidation sites excluding steroid dienone is 12. The average Bonchev–Trinajstić information content (AvgIpc) is 3.45. The van der Waals surface area contributed by atoms with E-state index in [1.54, 1.807) is 0 Å². The normalized spacial score (nSPS) is 12.5. The van der Waals surface area contributed by atoms with E-state index in [0.717, 1.165) is 103 Å². The zero-order valence-corrected chi connectivity index (χ0v) is 52.6. The molecule has 0 spiro atoms. The second-order valence-corrected chi connectivity index (χ2v) is 23.1. The van der Waals surface area contributed by atoms with Gasteiger partial charge in [-0.25, -0.2) is 0 Å². The van der Waals surface area contributed by atoms with Gasteiger partial charge in [0.1, 0.15) is 13.2 Å². The fourth-order valence-electron chi connectivity index (χ4n) is 10.1. The Balaban J connectivity index is 4.32. The molecule has 0 fully saturated rings. The maximum absolute atomic E-state index is 13.0. The fraction of sp³-hybridized carbons (Fsp3) is 0.795. The Labute approximate surface area is 491 Å². The van der Waals surface area contributed by atoms with E-state index < -0.39 is 6.10 Å². The van der Waals surface area contributed by atoms with Crippen molar-refractivity contribution in [3.05, 3.63) is 72.9 Å². The molecule has 6 heteroatoms. The zero-order chi connectivity index (χ0) is 57.1. The lowest BCUT2D eigenvalue weighted by Crippen LogP contribution is -2.30. The Bertz CT molecular complexity index is 1450. The van der Waals surface area contributed by atoms with Crippen molar-refractivity contribution in [1.29, 1.82) is 0 Å². The smallest absolute Gasteiger partial charge is 0.306 e. The van der Waals surface area contributed by atoms with Crippen molar-refractivity contribution in [1.82, 2.24) is 0 Å². The highest BCUT2D eigenvalue weighted by Crippen LogP contribution is 2.18. The summed E-state index contributed by atoms with van der Waals surface area (Å²) in [6.07, 6.45) is 87.7.